The monoisotopic (exact) mass is 358 g/mol. The summed E-state index contributed by atoms with van der Waals surface area (Å²) in [4.78, 5) is 41.1. The molecule has 2 atom stereocenters. The van der Waals surface area contributed by atoms with Gasteiger partial charge in [-0.3, -0.25) is 19.3 Å². The van der Waals surface area contributed by atoms with E-state index in [4.69, 9.17) is 0 Å². The molecular weight excluding hydrogens is 332 g/mol. The normalized spacial score (nSPS) is 27.7. The summed E-state index contributed by atoms with van der Waals surface area (Å²) in [7, 11) is 1.49. The van der Waals surface area contributed by atoms with Crippen molar-refractivity contribution in [1.29, 1.82) is 0 Å². The Labute approximate surface area is 153 Å². The summed E-state index contributed by atoms with van der Waals surface area (Å²) >= 11 is 0. The molecule has 6 heteroatoms. The van der Waals surface area contributed by atoms with E-state index in [9.17, 15) is 19.5 Å². The maximum atomic E-state index is 13.2. The van der Waals surface area contributed by atoms with Crippen molar-refractivity contribution in [2.45, 2.75) is 45.4 Å². The number of ketones is 1. The van der Waals surface area contributed by atoms with Gasteiger partial charge in [0.25, 0.3) is 0 Å². The third-order valence-corrected chi connectivity index (χ3v) is 5.93. The van der Waals surface area contributed by atoms with Gasteiger partial charge in [-0.05, 0) is 25.7 Å². The van der Waals surface area contributed by atoms with Crippen LogP contribution in [0.5, 0.6) is 0 Å². The van der Waals surface area contributed by atoms with E-state index in [-0.39, 0.29) is 24.2 Å². The molecule has 140 valence electrons. The molecule has 2 fully saturated rings. The first-order valence-corrected chi connectivity index (χ1v) is 9.22. The first-order valence-electron chi connectivity index (χ1n) is 9.22. The van der Waals surface area contributed by atoms with Crippen LogP contribution in [0.2, 0.25) is 0 Å². The van der Waals surface area contributed by atoms with E-state index < -0.39 is 17.7 Å². The summed E-state index contributed by atoms with van der Waals surface area (Å²) in [6.45, 7) is 1.43. The highest BCUT2D eigenvalue weighted by molar-refractivity contribution is 6.09. The lowest BCUT2D eigenvalue weighted by Gasteiger charge is -2.49. The minimum Gasteiger partial charge on any atom is -0.356 e. The fourth-order valence-electron chi connectivity index (χ4n) is 4.23. The van der Waals surface area contributed by atoms with Crippen molar-refractivity contribution in [3.63, 3.8) is 0 Å². The fraction of sp³-hybridized carbons (Fsp3) is 0.550. The number of hydrogen-bond acceptors (Lipinski definition) is 4. The van der Waals surface area contributed by atoms with Crippen molar-refractivity contribution in [3.05, 3.63) is 35.9 Å². The lowest BCUT2D eigenvalue weighted by atomic mass is 9.67. The van der Waals surface area contributed by atoms with Crippen LogP contribution in [0.1, 0.15) is 49.4 Å². The van der Waals surface area contributed by atoms with Gasteiger partial charge in [-0.1, -0.05) is 49.6 Å². The summed E-state index contributed by atoms with van der Waals surface area (Å²) in [6, 6.07) is 8.67. The van der Waals surface area contributed by atoms with Crippen molar-refractivity contribution in [2.24, 2.45) is 11.3 Å². The summed E-state index contributed by atoms with van der Waals surface area (Å²) in [5.74, 6) is -1.11. The van der Waals surface area contributed by atoms with Gasteiger partial charge in [-0.15, -0.1) is 0 Å². The summed E-state index contributed by atoms with van der Waals surface area (Å²) < 4.78 is 0. The average molecular weight is 358 g/mol. The molecule has 1 saturated heterocycles. The number of nitrogens with zero attached hydrogens (tertiary/aromatic N) is 2. The Morgan fingerprint density at radius 1 is 1.12 bits per heavy atom. The smallest absolute Gasteiger partial charge is 0.242 e. The van der Waals surface area contributed by atoms with Crippen LogP contribution in [0.15, 0.2) is 30.3 Å². The molecule has 6 nitrogen and oxygen atoms in total. The zero-order valence-corrected chi connectivity index (χ0v) is 15.4. The zero-order chi connectivity index (χ0) is 18.9. The topological polar surface area (TPSA) is 77.9 Å². The van der Waals surface area contributed by atoms with Crippen molar-refractivity contribution in [3.8, 4) is 0 Å². The molecule has 1 aromatic rings. The molecule has 2 amide bonds. The average Bonchev–Trinajstić information content (AvgIpc) is 2.69. The molecule has 0 bridgehead atoms. The Morgan fingerprint density at radius 2 is 1.73 bits per heavy atom. The fourth-order valence-corrected chi connectivity index (χ4v) is 4.23. The van der Waals surface area contributed by atoms with Gasteiger partial charge in [0.2, 0.25) is 18.2 Å². The van der Waals surface area contributed by atoms with Crippen LogP contribution in [0.3, 0.4) is 0 Å². The van der Waals surface area contributed by atoms with Crippen LogP contribution in [0.25, 0.3) is 0 Å². The molecule has 0 aromatic heterocycles. The van der Waals surface area contributed by atoms with Crippen LogP contribution >= 0.6 is 0 Å². The third-order valence-electron chi connectivity index (χ3n) is 5.93. The second-order valence-corrected chi connectivity index (χ2v) is 7.52. The van der Waals surface area contributed by atoms with Crippen LogP contribution in [0, 0.1) is 11.3 Å². The molecular formula is C20H26N2O4. The Hall–Kier alpha value is -2.21. The van der Waals surface area contributed by atoms with Crippen molar-refractivity contribution in [1.82, 2.24) is 9.80 Å². The van der Waals surface area contributed by atoms with Gasteiger partial charge in [0.1, 0.15) is 5.41 Å². The molecule has 1 aromatic carbocycles. The van der Waals surface area contributed by atoms with Gasteiger partial charge in [0.05, 0.1) is 6.54 Å². The SMILES string of the molecule is CN1C(=O)C(C)(C2CCCCC2)C(=O)N(CC(=O)c2ccccc2)C1O. The first kappa shape index (κ1) is 18.6. The Morgan fingerprint density at radius 3 is 2.35 bits per heavy atom. The molecule has 1 saturated carbocycles. The summed E-state index contributed by atoms with van der Waals surface area (Å²) in [5, 5.41) is 10.5. The number of Topliss-reactive ketones (excluding diaryl/α,β-unsaturated/α-hetero) is 1. The number of benzene rings is 1. The molecule has 3 rings (SSSR count). The third kappa shape index (κ3) is 3.03. The van der Waals surface area contributed by atoms with Gasteiger partial charge in [0.15, 0.2) is 5.78 Å². The van der Waals surface area contributed by atoms with Crippen molar-refractivity contribution >= 4 is 17.6 Å². The maximum Gasteiger partial charge on any atom is 0.242 e. The minimum atomic E-state index is -1.42. The standard InChI is InChI=1S/C20H26N2O4/c1-20(15-11-7-4-8-12-15)17(24)21(2)19(26)22(18(20)25)13-16(23)14-9-5-3-6-10-14/h3,5-6,9-10,15,19,26H,4,7-8,11-13H2,1-2H3. The van der Waals surface area contributed by atoms with Gasteiger partial charge in [-0.2, -0.15) is 0 Å². The van der Waals surface area contributed by atoms with Gasteiger partial charge in [-0.25, -0.2) is 0 Å². The maximum absolute atomic E-state index is 13.2. The Kier molecular flexibility index (Phi) is 5.14. The van der Waals surface area contributed by atoms with Crippen molar-refractivity contribution in [2.75, 3.05) is 13.6 Å². The second kappa shape index (κ2) is 7.19. The summed E-state index contributed by atoms with van der Waals surface area (Å²) in [5.41, 5.74) is -0.739. The van der Waals surface area contributed by atoms with E-state index in [0.717, 1.165) is 37.0 Å². The molecule has 0 radical (unpaired) electrons. The molecule has 0 spiro atoms. The number of hydrogen-bond donors (Lipinski definition) is 1. The van der Waals surface area contributed by atoms with Gasteiger partial charge in [0, 0.05) is 12.6 Å². The molecule has 1 N–H and O–H groups in total. The predicted octanol–water partition coefficient (Wildman–Crippen LogP) is 2.03. The van der Waals surface area contributed by atoms with E-state index in [1.807, 2.05) is 6.07 Å². The highest BCUT2D eigenvalue weighted by Gasteiger charge is 2.57. The predicted molar refractivity (Wildman–Crippen MR) is 95.9 cm³/mol. The number of aliphatic hydroxyl groups excluding tert-OH is 1. The molecule has 1 heterocycles. The molecule has 2 aliphatic rings. The van der Waals surface area contributed by atoms with E-state index in [1.54, 1.807) is 31.2 Å². The number of carbonyl (C=O) groups is 3. The highest BCUT2D eigenvalue weighted by atomic mass is 16.3. The van der Waals surface area contributed by atoms with Gasteiger partial charge < -0.3 is 10.0 Å². The first-order chi connectivity index (χ1) is 12.4. The number of amides is 2. The van der Waals surface area contributed by atoms with E-state index in [1.165, 1.54) is 11.9 Å². The zero-order valence-electron chi connectivity index (χ0n) is 15.4. The number of aliphatic hydroxyl groups is 1. The second-order valence-electron chi connectivity index (χ2n) is 7.52. The van der Waals surface area contributed by atoms with Gasteiger partial charge >= 0.3 is 0 Å². The quantitative estimate of drug-likeness (QED) is 0.660. The van der Waals surface area contributed by atoms with E-state index >= 15 is 0 Å². The highest BCUT2D eigenvalue weighted by Crippen LogP contribution is 2.43. The molecule has 26 heavy (non-hydrogen) atoms. The molecule has 2 unspecified atom stereocenters. The minimum absolute atomic E-state index is 0.0551. The lowest BCUT2D eigenvalue weighted by Crippen LogP contribution is -2.68. The van der Waals surface area contributed by atoms with Crippen molar-refractivity contribution < 1.29 is 19.5 Å². The van der Waals surface area contributed by atoms with E-state index in [0.29, 0.717) is 5.56 Å². The van der Waals surface area contributed by atoms with E-state index in [2.05, 4.69) is 0 Å². The number of rotatable bonds is 4. The Balaban J connectivity index is 1.88. The lowest BCUT2D eigenvalue weighted by molar-refractivity contribution is -0.198. The van der Waals surface area contributed by atoms with Crippen LogP contribution in [0.4, 0.5) is 0 Å². The molecule has 1 aliphatic heterocycles. The Bertz CT molecular complexity index is 699. The largest absolute Gasteiger partial charge is 0.356 e. The van der Waals surface area contributed by atoms with Crippen LogP contribution in [-0.2, 0) is 9.59 Å². The van der Waals surface area contributed by atoms with Crippen LogP contribution in [-0.4, -0.2) is 52.4 Å². The summed E-state index contributed by atoms with van der Waals surface area (Å²) in [6.07, 6.45) is 3.33. The number of carbonyl (C=O) groups excluding carboxylic acids is 3. The van der Waals surface area contributed by atoms with Crippen LogP contribution < -0.4 is 0 Å². The molecule has 1 aliphatic carbocycles.